The SMILES string of the molecule is Cc1cc(Nc2nc(C(=O)N[C@@H](C)CCc3ccccc3)cc3occc23)ccc1Br. The molecular formula is C25H24BrN3O2. The van der Waals surface area contributed by atoms with Gasteiger partial charge in [0, 0.05) is 22.3 Å². The van der Waals surface area contributed by atoms with Gasteiger partial charge in [0.25, 0.3) is 5.91 Å². The van der Waals surface area contributed by atoms with Gasteiger partial charge in [-0.15, -0.1) is 0 Å². The Kier molecular flexibility index (Phi) is 6.37. The van der Waals surface area contributed by atoms with Crippen LogP contribution in [0.5, 0.6) is 0 Å². The van der Waals surface area contributed by atoms with Crippen molar-refractivity contribution in [2.75, 3.05) is 5.32 Å². The number of aryl methyl sites for hydroxylation is 2. The van der Waals surface area contributed by atoms with E-state index in [0.717, 1.165) is 34.0 Å². The van der Waals surface area contributed by atoms with Gasteiger partial charge in [-0.05, 0) is 62.1 Å². The summed E-state index contributed by atoms with van der Waals surface area (Å²) in [7, 11) is 0. The third-order valence-corrected chi connectivity index (χ3v) is 6.08. The number of rotatable bonds is 7. The molecule has 0 bridgehead atoms. The van der Waals surface area contributed by atoms with Gasteiger partial charge < -0.3 is 15.1 Å². The highest BCUT2D eigenvalue weighted by Crippen LogP contribution is 2.28. The molecule has 0 fully saturated rings. The summed E-state index contributed by atoms with van der Waals surface area (Å²) < 4.78 is 6.61. The van der Waals surface area contributed by atoms with Crippen LogP contribution in [0, 0.1) is 6.92 Å². The number of carbonyl (C=O) groups excluding carboxylic acids is 1. The lowest BCUT2D eigenvalue weighted by atomic mass is 10.1. The van der Waals surface area contributed by atoms with Crippen LogP contribution in [0.2, 0.25) is 0 Å². The molecule has 2 heterocycles. The summed E-state index contributed by atoms with van der Waals surface area (Å²) in [5.41, 5.74) is 4.20. The van der Waals surface area contributed by atoms with Crippen LogP contribution in [0.1, 0.15) is 35.0 Å². The second-order valence-corrected chi connectivity index (χ2v) is 8.53. The molecule has 0 aliphatic heterocycles. The molecule has 4 aromatic rings. The number of pyridine rings is 1. The first-order valence-electron chi connectivity index (χ1n) is 10.3. The zero-order valence-corrected chi connectivity index (χ0v) is 19.1. The van der Waals surface area contributed by atoms with Crippen molar-refractivity contribution in [3.8, 4) is 0 Å². The van der Waals surface area contributed by atoms with Crippen LogP contribution in [0.4, 0.5) is 11.5 Å². The molecule has 1 amide bonds. The van der Waals surface area contributed by atoms with Crippen LogP contribution >= 0.6 is 15.9 Å². The molecule has 31 heavy (non-hydrogen) atoms. The monoisotopic (exact) mass is 477 g/mol. The van der Waals surface area contributed by atoms with Crippen molar-refractivity contribution in [3.63, 3.8) is 0 Å². The lowest BCUT2D eigenvalue weighted by Crippen LogP contribution is -2.33. The summed E-state index contributed by atoms with van der Waals surface area (Å²) in [6.45, 7) is 4.03. The van der Waals surface area contributed by atoms with E-state index in [-0.39, 0.29) is 11.9 Å². The molecule has 4 rings (SSSR count). The number of aromatic nitrogens is 1. The molecule has 5 nitrogen and oxygen atoms in total. The van der Waals surface area contributed by atoms with E-state index in [0.29, 0.717) is 17.1 Å². The van der Waals surface area contributed by atoms with Crippen LogP contribution in [0.25, 0.3) is 11.0 Å². The van der Waals surface area contributed by atoms with Gasteiger partial charge in [0.05, 0.1) is 11.6 Å². The lowest BCUT2D eigenvalue weighted by molar-refractivity contribution is 0.0933. The molecule has 0 radical (unpaired) electrons. The molecule has 0 spiro atoms. The summed E-state index contributed by atoms with van der Waals surface area (Å²) >= 11 is 3.52. The first-order chi connectivity index (χ1) is 15.0. The van der Waals surface area contributed by atoms with Crippen molar-refractivity contribution < 1.29 is 9.21 Å². The van der Waals surface area contributed by atoms with Crippen molar-refractivity contribution >= 4 is 44.3 Å². The molecule has 0 aliphatic carbocycles. The fourth-order valence-corrected chi connectivity index (χ4v) is 3.68. The number of nitrogens with one attached hydrogen (secondary N) is 2. The molecule has 0 saturated carbocycles. The van der Waals surface area contributed by atoms with E-state index in [1.165, 1.54) is 5.56 Å². The second-order valence-electron chi connectivity index (χ2n) is 7.68. The zero-order valence-electron chi connectivity index (χ0n) is 17.5. The van der Waals surface area contributed by atoms with Crippen molar-refractivity contribution in [1.82, 2.24) is 10.3 Å². The quantitative estimate of drug-likeness (QED) is 0.323. The molecule has 6 heteroatoms. The predicted molar refractivity (Wildman–Crippen MR) is 128 cm³/mol. The molecule has 2 aromatic heterocycles. The number of fused-ring (bicyclic) bond motifs is 1. The minimum Gasteiger partial charge on any atom is -0.464 e. The summed E-state index contributed by atoms with van der Waals surface area (Å²) in [6.07, 6.45) is 3.36. The maximum absolute atomic E-state index is 12.9. The number of furan rings is 1. The van der Waals surface area contributed by atoms with E-state index >= 15 is 0 Å². The van der Waals surface area contributed by atoms with E-state index in [4.69, 9.17) is 4.42 Å². The molecule has 2 N–H and O–H groups in total. The Bertz CT molecular complexity index is 1200. The van der Waals surface area contributed by atoms with Crippen LogP contribution in [-0.4, -0.2) is 16.9 Å². The Morgan fingerprint density at radius 3 is 2.71 bits per heavy atom. The predicted octanol–water partition coefficient (Wildman–Crippen LogP) is 6.39. The van der Waals surface area contributed by atoms with Crippen molar-refractivity contribution in [2.24, 2.45) is 0 Å². The Hall–Kier alpha value is -3.12. The van der Waals surface area contributed by atoms with E-state index < -0.39 is 0 Å². The Morgan fingerprint density at radius 1 is 1.13 bits per heavy atom. The van der Waals surface area contributed by atoms with Gasteiger partial charge in [0.2, 0.25) is 0 Å². The molecular weight excluding hydrogens is 454 g/mol. The first-order valence-corrected chi connectivity index (χ1v) is 11.0. The molecule has 158 valence electrons. The third kappa shape index (κ3) is 5.14. The van der Waals surface area contributed by atoms with Gasteiger partial charge in [0.15, 0.2) is 0 Å². The average molecular weight is 478 g/mol. The Morgan fingerprint density at radius 2 is 1.94 bits per heavy atom. The van der Waals surface area contributed by atoms with Gasteiger partial charge in [-0.2, -0.15) is 0 Å². The number of benzene rings is 2. The number of anilines is 2. The maximum atomic E-state index is 12.9. The minimum atomic E-state index is -0.214. The van der Waals surface area contributed by atoms with Gasteiger partial charge in [0.1, 0.15) is 17.1 Å². The van der Waals surface area contributed by atoms with Crippen LogP contribution in [0.3, 0.4) is 0 Å². The van der Waals surface area contributed by atoms with E-state index in [1.807, 2.05) is 56.3 Å². The van der Waals surface area contributed by atoms with E-state index in [1.54, 1.807) is 12.3 Å². The molecule has 0 aliphatic rings. The number of carbonyl (C=O) groups is 1. The number of amides is 1. The largest absolute Gasteiger partial charge is 0.464 e. The third-order valence-electron chi connectivity index (χ3n) is 5.19. The average Bonchev–Trinajstić information content (AvgIpc) is 3.25. The first kappa shape index (κ1) is 21.1. The second kappa shape index (κ2) is 9.35. The van der Waals surface area contributed by atoms with Crippen LogP contribution in [-0.2, 0) is 6.42 Å². The van der Waals surface area contributed by atoms with Gasteiger partial charge in [-0.1, -0.05) is 46.3 Å². The molecule has 0 unspecified atom stereocenters. The summed E-state index contributed by atoms with van der Waals surface area (Å²) in [4.78, 5) is 17.5. The number of halogens is 1. The maximum Gasteiger partial charge on any atom is 0.270 e. The smallest absolute Gasteiger partial charge is 0.270 e. The minimum absolute atomic E-state index is 0.0207. The zero-order chi connectivity index (χ0) is 21.8. The van der Waals surface area contributed by atoms with Gasteiger partial charge in [-0.25, -0.2) is 4.98 Å². The summed E-state index contributed by atoms with van der Waals surface area (Å²) in [5.74, 6) is 0.379. The van der Waals surface area contributed by atoms with E-state index in [9.17, 15) is 4.79 Å². The van der Waals surface area contributed by atoms with Gasteiger partial charge >= 0.3 is 0 Å². The standard InChI is InChI=1S/C25H24BrN3O2/c1-16-14-19(10-11-21(16)26)28-24-20-12-13-31-23(20)15-22(29-24)25(30)27-17(2)8-9-18-6-4-3-5-7-18/h3-7,10-15,17H,8-9H2,1-2H3,(H,27,30)(H,28,29)/t17-/m0/s1. The highest BCUT2D eigenvalue weighted by atomic mass is 79.9. The van der Waals surface area contributed by atoms with Crippen LogP contribution < -0.4 is 10.6 Å². The highest BCUT2D eigenvalue weighted by Gasteiger charge is 2.16. The topological polar surface area (TPSA) is 67.2 Å². The summed E-state index contributed by atoms with van der Waals surface area (Å²) in [5, 5.41) is 7.21. The summed E-state index contributed by atoms with van der Waals surface area (Å²) in [6, 6.07) is 19.8. The number of nitrogens with zero attached hydrogens (tertiary/aromatic N) is 1. The lowest BCUT2D eigenvalue weighted by Gasteiger charge is -2.15. The van der Waals surface area contributed by atoms with Crippen molar-refractivity contribution in [2.45, 2.75) is 32.7 Å². The molecule has 1 atom stereocenters. The number of hydrogen-bond donors (Lipinski definition) is 2. The Balaban J connectivity index is 1.50. The fraction of sp³-hybridized carbons (Fsp3) is 0.200. The van der Waals surface area contributed by atoms with Crippen LogP contribution in [0.15, 0.2) is 75.8 Å². The van der Waals surface area contributed by atoms with E-state index in [2.05, 4.69) is 43.7 Å². The van der Waals surface area contributed by atoms with Gasteiger partial charge in [-0.3, -0.25) is 4.79 Å². The van der Waals surface area contributed by atoms with Crippen molar-refractivity contribution in [1.29, 1.82) is 0 Å². The Labute approximate surface area is 190 Å². The molecule has 0 saturated heterocycles. The molecule has 2 aromatic carbocycles. The fourth-order valence-electron chi connectivity index (χ4n) is 3.43. The van der Waals surface area contributed by atoms with Crippen molar-refractivity contribution in [3.05, 3.63) is 88.2 Å². The number of hydrogen-bond acceptors (Lipinski definition) is 4. The normalized spacial score (nSPS) is 12.0. The highest BCUT2D eigenvalue weighted by molar-refractivity contribution is 9.10.